The van der Waals surface area contributed by atoms with Crippen LogP contribution in [0.4, 0.5) is 5.13 Å². The first kappa shape index (κ1) is 11.2. The van der Waals surface area contributed by atoms with Gasteiger partial charge in [-0.15, -0.1) is 10.2 Å². The summed E-state index contributed by atoms with van der Waals surface area (Å²) in [5.74, 6) is 1.04. The zero-order valence-electron chi connectivity index (χ0n) is 10.0. The molecule has 0 aliphatic heterocycles. The Balaban J connectivity index is 1.94. The summed E-state index contributed by atoms with van der Waals surface area (Å²) >= 11 is 1.50. The highest BCUT2D eigenvalue weighted by molar-refractivity contribution is 7.13. The Morgan fingerprint density at radius 3 is 3.00 bits per heavy atom. The van der Waals surface area contributed by atoms with Crippen LogP contribution in [0.1, 0.15) is 18.2 Å². The number of nitrogens with one attached hydrogen (secondary N) is 1. The summed E-state index contributed by atoms with van der Waals surface area (Å²) < 4.78 is 5.85. The van der Waals surface area contributed by atoms with Gasteiger partial charge in [-0.05, 0) is 6.07 Å². The number of nitrogens with zero attached hydrogens (tertiary/aromatic N) is 2. The van der Waals surface area contributed by atoms with Crippen molar-refractivity contribution in [3.05, 3.63) is 41.1 Å². The van der Waals surface area contributed by atoms with Crippen LogP contribution in [0, 0.1) is 0 Å². The Bertz CT molecular complexity index is 645. The number of aromatic nitrogens is 2. The molecule has 0 aliphatic carbocycles. The second kappa shape index (κ2) is 4.78. The predicted molar refractivity (Wildman–Crippen MR) is 72.8 cm³/mol. The minimum Gasteiger partial charge on any atom is -0.461 e. The second-order valence-corrected chi connectivity index (χ2v) is 4.78. The largest absolute Gasteiger partial charge is 0.461 e. The predicted octanol–water partition coefficient (Wildman–Crippen LogP) is 3.46. The summed E-state index contributed by atoms with van der Waals surface area (Å²) in [4.78, 5) is 0. The maximum absolute atomic E-state index is 5.85. The molecule has 0 fully saturated rings. The first-order valence-electron chi connectivity index (χ1n) is 5.87. The zero-order chi connectivity index (χ0) is 12.4. The van der Waals surface area contributed by atoms with Gasteiger partial charge in [0.1, 0.15) is 16.9 Å². The summed E-state index contributed by atoms with van der Waals surface area (Å²) in [5, 5.41) is 13.1. The van der Waals surface area contributed by atoms with Gasteiger partial charge in [0.2, 0.25) is 5.13 Å². The smallest absolute Gasteiger partial charge is 0.205 e. The lowest BCUT2D eigenvalue weighted by molar-refractivity contribution is 0.551. The molecule has 3 aromatic rings. The van der Waals surface area contributed by atoms with Crippen molar-refractivity contribution in [2.24, 2.45) is 0 Å². The minimum atomic E-state index is 0.718. The van der Waals surface area contributed by atoms with E-state index < -0.39 is 0 Å². The molecule has 4 nitrogen and oxygen atoms in total. The molecular formula is C13H13N3OS. The second-order valence-electron chi connectivity index (χ2n) is 3.95. The van der Waals surface area contributed by atoms with E-state index in [4.69, 9.17) is 4.42 Å². The van der Waals surface area contributed by atoms with Gasteiger partial charge in [0, 0.05) is 23.9 Å². The summed E-state index contributed by atoms with van der Waals surface area (Å²) in [6, 6.07) is 8.12. The normalized spacial score (nSPS) is 10.9. The number of para-hydroxylation sites is 1. The van der Waals surface area contributed by atoms with Crippen LogP contribution in [0.5, 0.6) is 0 Å². The molecule has 5 heteroatoms. The molecular weight excluding hydrogens is 246 g/mol. The standard InChI is InChI=1S/C13H13N3OS/c1-2-11-10(7-14-13-16-15-8-18-13)9-5-3-4-6-12(9)17-11/h3-6,8H,2,7H2,1H3,(H,14,16). The molecule has 0 saturated carbocycles. The van der Waals surface area contributed by atoms with E-state index in [1.54, 1.807) is 5.51 Å². The van der Waals surface area contributed by atoms with Crippen molar-refractivity contribution < 1.29 is 4.42 Å². The van der Waals surface area contributed by atoms with E-state index in [2.05, 4.69) is 28.5 Å². The molecule has 0 aliphatic rings. The summed E-state index contributed by atoms with van der Waals surface area (Å²) in [5.41, 5.74) is 3.88. The number of aryl methyl sites for hydroxylation is 1. The number of rotatable bonds is 4. The minimum absolute atomic E-state index is 0.718. The van der Waals surface area contributed by atoms with Gasteiger partial charge in [0.15, 0.2) is 0 Å². The van der Waals surface area contributed by atoms with Gasteiger partial charge in [-0.3, -0.25) is 0 Å². The highest BCUT2D eigenvalue weighted by atomic mass is 32.1. The lowest BCUT2D eigenvalue weighted by atomic mass is 10.1. The maximum Gasteiger partial charge on any atom is 0.205 e. The van der Waals surface area contributed by atoms with Crippen molar-refractivity contribution in [2.75, 3.05) is 5.32 Å². The third kappa shape index (κ3) is 1.97. The molecule has 3 rings (SSSR count). The lowest BCUT2D eigenvalue weighted by Crippen LogP contribution is -2.00. The van der Waals surface area contributed by atoms with Crippen molar-refractivity contribution >= 4 is 27.4 Å². The Morgan fingerprint density at radius 2 is 2.22 bits per heavy atom. The molecule has 0 radical (unpaired) electrons. The average Bonchev–Trinajstić information content (AvgIpc) is 3.03. The first-order chi connectivity index (χ1) is 8.88. The molecule has 18 heavy (non-hydrogen) atoms. The molecule has 2 aromatic heterocycles. The monoisotopic (exact) mass is 259 g/mol. The zero-order valence-corrected chi connectivity index (χ0v) is 10.8. The Labute approximate surface area is 109 Å². The van der Waals surface area contributed by atoms with Crippen LogP contribution in [-0.2, 0) is 13.0 Å². The van der Waals surface area contributed by atoms with Crippen LogP contribution in [0.2, 0.25) is 0 Å². The van der Waals surface area contributed by atoms with E-state index in [1.165, 1.54) is 22.3 Å². The van der Waals surface area contributed by atoms with E-state index in [1.807, 2.05) is 18.2 Å². The van der Waals surface area contributed by atoms with E-state index in [9.17, 15) is 0 Å². The van der Waals surface area contributed by atoms with E-state index in [0.717, 1.165) is 29.4 Å². The summed E-state index contributed by atoms with van der Waals surface area (Å²) in [6.07, 6.45) is 0.891. The molecule has 0 saturated heterocycles. The molecule has 0 bridgehead atoms. The molecule has 2 heterocycles. The molecule has 0 spiro atoms. The Morgan fingerprint density at radius 1 is 1.33 bits per heavy atom. The number of furan rings is 1. The molecule has 0 amide bonds. The van der Waals surface area contributed by atoms with E-state index in [-0.39, 0.29) is 0 Å². The van der Waals surface area contributed by atoms with Gasteiger partial charge in [0.25, 0.3) is 0 Å². The lowest BCUT2D eigenvalue weighted by Gasteiger charge is -2.02. The quantitative estimate of drug-likeness (QED) is 0.779. The molecule has 1 aromatic carbocycles. The van der Waals surface area contributed by atoms with Crippen molar-refractivity contribution in [3.63, 3.8) is 0 Å². The van der Waals surface area contributed by atoms with Gasteiger partial charge in [-0.25, -0.2) is 0 Å². The number of fused-ring (bicyclic) bond motifs is 1. The summed E-state index contributed by atoms with van der Waals surface area (Å²) in [6.45, 7) is 2.82. The SMILES string of the molecule is CCc1oc2ccccc2c1CNc1nncs1. The molecule has 92 valence electrons. The highest BCUT2D eigenvalue weighted by Gasteiger charge is 2.12. The molecule has 0 unspecified atom stereocenters. The average molecular weight is 259 g/mol. The van der Waals surface area contributed by atoms with Gasteiger partial charge >= 0.3 is 0 Å². The van der Waals surface area contributed by atoms with Gasteiger partial charge in [-0.1, -0.05) is 36.5 Å². The molecule has 0 atom stereocenters. The fourth-order valence-electron chi connectivity index (χ4n) is 2.04. The number of benzene rings is 1. The third-order valence-electron chi connectivity index (χ3n) is 2.88. The molecule has 1 N–H and O–H groups in total. The first-order valence-corrected chi connectivity index (χ1v) is 6.75. The number of anilines is 1. The van der Waals surface area contributed by atoms with Crippen LogP contribution in [-0.4, -0.2) is 10.2 Å². The van der Waals surface area contributed by atoms with Crippen molar-refractivity contribution in [3.8, 4) is 0 Å². The highest BCUT2D eigenvalue weighted by Crippen LogP contribution is 2.27. The van der Waals surface area contributed by atoms with Crippen LogP contribution in [0.25, 0.3) is 11.0 Å². The van der Waals surface area contributed by atoms with Crippen LogP contribution in [0.3, 0.4) is 0 Å². The fourth-order valence-corrected chi connectivity index (χ4v) is 2.49. The van der Waals surface area contributed by atoms with Crippen molar-refractivity contribution in [2.45, 2.75) is 19.9 Å². The van der Waals surface area contributed by atoms with Crippen LogP contribution >= 0.6 is 11.3 Å². The van der Waals surface area contributed by atoms with E-state index >= 15 is 0 Å². The van der Waals surface area contributed by atoms with Crippen LogP contribution < -0.4 is 5.32 Å². The Hall–Kier alpha value is -1.88. The van der Waals surface area contributed by atoms with Gasteiger partial charge in [0.05, 0.1) is 0 Å². The van der Waals surface area contributed by atoms with Crippen molar-refractivity contribution in [1.29, 1.82) is 0 Å². The van der Waals surface area contributed by atoms with Crippen molar-refractivity contribution in [1.82, 2.24) is 10.2 Å². The number of hydrogen-bond acceptors (Lipinski definition) is 5. The van der Waals surface area contributed by atoms with Gasteiger partial charge < -0.3 is 9.73 Å². The third-order valence-corrected chi connectivity index (χ3v) is 3.53. The summed E-state index contributed by atoms with van der Waals surface area (Å²) in [7, 11) is 0. The topological polar surface area (TPSA) is 51.0 Å². The fraction of sp³-hybridized carbons (Fsp3) is 0.231. The Kier molecular flexibility index (Phi) is 2.98. The van der Waals surface area contributed by atoms with E-state index in [0.29, 0.717) is 0 Å². The van der Waals surface area contributed by atoms with Gasteiger partial charge in [-0.2, -0.15) is 0 Å². The number of hydrogen-bond donors (Lipinski definition) is 1. The maximum atomic E-state index is 5.85. The van der Waals surface area contributed by atoms with Crippen LogP contribution in [0.15, 0.2) is 34.2 Å².